The van der Waals surface area contributed by atoms with Gasteiger partial charge >= 0.3 is 0 Å². The zero-order valence-corrected chi connectivity index (χ0v) is 19.9. The molecule has 2 heterocycles. The zero-order valence-electron chi connectivity index (χ0n) is 18.3. The summed E-state index contributed by atoms with van der Waals surface area (Å²) in [5, 5.41) is 6.14. The molecule has 0 aliphatic carbocycles. The first kappa shape index (κ1) is 22.0. The zero-order chi connectivity index (χ0) is 22.7. The van der Waals surface area contributed by atoms with E-state index in [1.807, 2.05) is 42.6 Å². The smallest absolute Gasteiger partial charge is 0.269 e. The molecule has 4 rings (SSSR count). The Balaban J connectivity index is 1.53. The third-order valence-corrected chi connectivity index (χ3v) is 6.98. The van der Waals surface area contributed by atoms with Crippen LogP contribution in [0.5, 0.6) is 11.5 Å². The number of rotatable bonds is 7. The van der Waals surface area contributed by atoms with Crippen LogP contribution in [0.3, 0.4) is 0 Å². The van der Waals surface area contributed by atoms with Gasteiger partial charge in [-0.15, -0.1) is 22.7 Å². The van der Waals surface area contributed by atoms with Gasteiger partial charge in [-0.25, -0.2) is 9.97 Å². The predicted octanol–water partition coefficient (Wildman–Crippen LogP) is 6.07. The van der Waals surface area contributed by atoms with Gasteiger partial charge in [-0.3, -0.25) is 10.1 Å². The van der Waals surface area contributed by atoms with Gasteiger partial charge in [-0.05, 0) is 31.0 Å². The number of hydrogen-bond acceptors (Lipinski definition) is 7. The van der Waals surface area contributed by atoms with Gasteiger partial charge < -0.3 is 9.47 Å². The van der Waals surface area contributed by atoms with Gasteiger partial charge in [0.05, 0.1) is 25.6 Å². The van der Waals surface area contributed by atoms with Crippen molar-refractivity contribution in [1.29, 1.82) is 0 Å². The lowest BCUT2D eigenvalue weighted by molar-refractivity contribution is 0.103. The number of hydrogen-bond donors (Lipinski definition) is 1. The molecule has 1 N–H and O–H groups in total. The van der Waals surface area contributed by atoms with E-state index in [0.29, 0.717) is 27.2 Å². The standard InChI is InChI=1S/C24H23N3O3S2/c1-5-15-6-8-16(9-7-15)23-25-14(2)21(32-23)22(28)27-24-26-19(13-31-24)18-11-10-17(29-3)12-20(18)30-4/h6-13H,5H2,1-4H3,(H,26,27,28). The van der Waals surface area contributed by atoms with Crippen LogP contribution in [0.15, 0.2) is 47.8 Å². The first-order valence-electron chi connectivity index (χ1n) is 10.1. The Morgan fingerprint density at radius 3 is 2.53 bits per heavy atom. The number of amides is 1. The lowest BCUT2D eigenvalue weighted by Crippen LogP contribution is -2.11. The average molecular weight is 466 g/mol. The Bertz CT molecular complexity index is 1250. The number of carbonyl (C=O) groups excluding carboxylic acids is 1. The Kier molecular flexibility index (Phi) is 6.53. The fourth-order valence-corrected chi connectivity index (χ4v) is 4.91. The largest absolute Gasteiger partial charge is 0.497 e. The molecule has 0 aliphatic heterocycles. The van der Waals surface area contributed by atoms with Crippen LogP contribution in [0.2, 0.25) is 0 Å². The van der Waals surface area contributed by atoms with Crippen molar-refractivity contribution < 1.29 is 14.3 Å². The van der Waals surface area contributed by atoms with Gasteiger partial charge in [0.15, 0.2) is 5.13 Å². The van der Waals surface area contributed by atoms with Crippen molar-refractivity contribution >= 4 is 33.7 Å². The second kappa shape index (κ2) is 9.50. The van der Waals surface area contributed by atoms with Gasteiger partial charge in [-0.2, -0.15) is 0 Å². The van der Waals surface area contributed by atoms with Crippen LogP contribution in [0, 0.1) is 6.92 Å². The molecule has 164 valence electrons. The molecule has 6 nitrogen and oxygen atoms in total. The molecule has 0 aliphatic rings. The SMILES string of the molecule is CCc1ccc(-c2nc(C)c(C(=O)Nc3nc(-c4ccc(OC)cc4OC)cs3)s2)cc1. The predicted molar refractivity (Wildman–Crippen MR) is 130 cm³/mol. The van der Waals surface area contributed by atoms with Gasteiger partial charge in [0.25, 0.3) is 5.91 Å². The molecule has 0 radical (unpaired) electrons. The summed E-state index contributed by atoms with van der Waals surface area (Å²) in [5.41, 5.74) is 4.54. The summed E-state index contributed by atoms with van der Waals surface area (Å²) in [4.78, 5) is 22.7. The molecule has 8 heteroatoms. The Labute approximate surface area is 194 Å². The minimum atomic E-state index is -0.209. The number of methoxy groups -OCH3 is 2. The van der Waals surface area contributed by atoms with E-state index in [9.17, 15) is 4.79 Å². The summed E-state index contributed by atoms with van der Waals surface area (Å²) in [6, 6.07) is 13.8. The highest BCUT2D eigenvalue weighted by Crippen LogP contribution is 2.35. The highest BCUT2D eigenvalue weighted by molar-refractivity contribution is 7.17. The van der Waals surface area contributed by atoms with Crippen molar-refractivity contribution in [2.75, 3.05) is 19.5 Å². The van der Waals surface area contributed by atoms with Crippen molar-refractivity contribution in [3.8, 4) is 33.3 Å². The molecular weight excluding hydrogens is 442 g/mol. The van der Waals surface area contributed by atoms with Crippen LogP contribution in [0.25, 0.3) is 21.8 Å². The molecule has 0 unspecified atom stereocenters. The quantitative estimate of drug-likeness (QED) is 0.358. The van der Waals surface area contributed by atoms with Crippen molar-refractivity contribution in [3.63, 3.8) is 0 Å². The van der Waals surface area contributed by atoms with Gasteiger partial charge in [-0.1, -0.05) is 31.2 Å². The van der Waals surface area contributed by atoms with Crippen molar-refractivity contribution in [1.82, 2.24) is 9.97 Å². The van der Waals surface area contributed by atoms with Crippen LogP contribution >= 0.6 is 22.7 Å². The van der Waals surface area contributed by atoms with E-state index in [1.165, 1.54) is 28.2 Å². The number of thiazole rings is 2. The fraction of sp³-hybridized carbons (Fsp3) is 0.208. The van der Waals surface area contributed by atoms with E-state index in [2.05, 4.69) is 34.3 Å². The average Bonchev–Trinajstić information content (AvgIpc) is 3.45. The maximum Gasteiger partial charge on any atom is 0.269 e. The summed E-state index contributed by atoms with van der Waals surface area (Å²) < 4.78 is 10.7. The lowest BCUT2D eigenvalue weighted by atomic mass is 10.1. The van der Waals surface area contributed by atoms with E-state index >= 15 is 0 Å². The number of ether oxygens (including phenoxy) is 2. The monoisotopic (exact) mass is 465 g/mol. The maximum atomic E-state index is 12.9. The maximum absolute atomic E-state index is 12.9. The van der Waals surface area contributed by atoms with Crippen molar-refractivity contribution in [2.24, 2.45) is 0 Å². The lowest BCUT2D eigenvalue weighted by Gasteiger charge is -2.08. The van der Waals surface area contributed by atoms with Crippen LogP contribution in [0.1, 0.15) is 27.9 Å². The van der Waals surface area contributed by atoms with Crippen LogP contribution < -0.4 is 14.8 Å². The van der Waals surface area contributed by atoms with E-state index in [4.69, 9.17) is 9.47 Å². The van der Waals surface area contributed by atoms with Crippen molar-refractivity contribution in [3.05, 3.63) is 64.0 Å². The first-order chi connectivity index (χ1) is 15.5. The number of benzene rings is 2. The molecule has 0 saturated heterocycles. The minimum Gasteiger partial charge on any atom is -0.497 e. The molecule has 0 atom stereocenters. The van der Waals surface area contributed by atoms with Gasteiger partial charge in [0.1, 0.15) is 21.4 Å². The summed E-state index contributed by atoms with van der Waals surface area (Å²) in [7, 11) is 3.21. The third-order valence-electron chi connectivity index (χ3n) is 5.02. The Morgan fingerprint density at radius 1 is 1.06 bits per heavy atom. The summed E-state index contributed by atoms with van der Waals surface area (Å²) in [5.74, 6) is 1.15. The number of aryl methyl sites for hydroxylation is 2. The molecule has 0 spiro atoms. The van der Waals surface area contributed by atoms with E-state index in [-0.39, 0.29) is 5.91 Å². The Hall–Kier alpha value is -3.23. The molecule has 2 aromatic heterocycles. The number of anilines is 1. The molecular formula is C24H23N3O3S2. The van der Waals surface area contributed by atoms with E-state index in [1.54, 1.807) is 14.2 Å². The first-order valence-corrected chi connectivity index (χ1v) is 11.8. The van der Waals surface area contributed by atoms with Crippen LogP contribution in [-0.2, 0) is 6.42 Å². The molecule has 32 heavy (non-hydrogen) atoms. The highest BCUT2D eigenvalue weighted by atomic mass is 32.1. The van der Waals surface area contributed by atoms with Crippen LogP contribution in [-0.4, -0.2) is 30.1 Å². The molecule has 0 saturated carbocycles. The number of aromatic nitrogens is 2. The minimum absolute atomic E-state index is 0.209. The van der Waals surface area contributed by atoms with E-state index < -0.39 is 0 Å². The van der Waals surface area contributed by atoms with Crippen LogP contribution in [0.4, 0.5) is 5.13 Å². The normalized spacial score (nSPS) is 10.8. The molecule has 0 bridgehead atoms. The highest BCUT2D eigenvalue weighted by Gasteiger charge is 2.18. The number of nitrogens with one attached hydrogen (secondary N) is 1. The summed E-state index contributed by atoms with van der Waals surface area (Å²) >= 11 is 2.75. The second-order valence-electron chi connectivity index (χ2n) is 7.04. The summed E-state index contributed by atoms with van der Waals surface area (Å²) in [6.45, 7) is 3.98. The second-order valence-corrected chi connectivity index (χ2v) is 8.90. The molecule has 2 aromatic carbocycles. The molecule has 1 amide bonds. The third kappa shape index (κ3) is 4.51. The summed E-state index contributed by atoms with van der Waals surface area (Å²) in [6.07, 6.45) is 0.989. The molecule has 0 fully saturated rings. The van der Waals surface area contributed by atoms with Gasteiger partial charge in [0, 0.05) is 22.6 Å². The number of carbonyl (C=O) groups is 1. The molecule has 4 aromatic rings. The topological polar surface area (TPSA) is 73.3 Å². The van der Waals surface area contributed by atoms with Gasteiger partial charge in [0.2, 0.25) is 0 Å². The number of nitrogens with zero attached hydrogens (tertiary/aromatic N) is 2. The Morgan fingerprint density at radius 2 is 1.84 bits per heavy atom. The van der Waals surface area contributed by atoms with E-state index in [0.717, 1.165) is 28.2 Å². The van der Waals surface area contributed by atoms with Crippen molar-refractivity contribution in [2.45, 2.75) is 20.3 Å². The fourth-order valence-electron chi connectivity index (χ4n) is 3.23.